The lowest BCUT2D eigenvalue weighted by atomic mass is 9.54. The van der Waals surface area contributed by atoms with Gasteiger partial charge in [-0.15, -0.1) is 0 Å². The Labute approximate surface area is 136 Å². The number of ether oxygens (including phenoxy) is 1. The zero-order valence-electron chi connectivity index (χ0n) is 13.9. The topological polar surface area (TPSA) is 81.6 Å². The summed E-state index contributed by atoms with van der Waals surface area (Å²) in [6, 6.07) is 3.92. The van der Waals surface area contributed by atoms with Crippen molar-refractivity contribution in [1.29, 1.82) is 0 Å². The monoisotopic (exact) mass is 316 g/mol. The number of nitrogens with two attached hydrogens (primary N) is 1. The molecule has 0 radical (unpaired) electrons. The minimum atomic E-state index is -0.885. The summed E-state index contributed by atoms with van der Waals surface area (Å²) in [6.45, 7) is 7.02. The van der Waals surface area contributed by atoms with Gasteiger partial charge in [0.2, 0.25) is 5.91 Å². The number of pyridine rings is 1. The second-order valence-electron chi connectivity index (χ2n) is 6.75. The summed E-state index contributed by atoms with van der Waals surface area (Å²) in [7, 11) is 0. The number of hydrogen-bond acceptors (Lipinski definition) is 4. The van der Waals surface area contributed by atoms with E-state index in [0.717, 1.165) is 11.2 Å². The van der Waals surface area contributed by atoms with Crippen LogP contribution in [-0.4, -0.2) is 33.5 Å². The largest absolute Gasteiger partial charge is 0.378 e. The van der Waals surface area contributed by atoms with E-state index in [1.807, 2.05) is 49.7 Å². The molecule has 6 heteroatoms. The summed E-state index contributed by atoms with van der Waals surface area (Å²) < 4.78 is 7.60. The Morgan fingerprint density at radius 2 is 2.30 bits per heavy atom. The van der Waals surface area contributed by atoms with Gasteiger partial charge in [-0.25, -0.2) is 4.98 Å². The van der Waals surface area contributed by atoms with Crippen LogP contribution in [0.1, 0.15) is 32.8 Å². The van der Waals surface area contributed by atoms with E-state index in [0.29, 0.717) is 19.6 Å². The highest BCUT2D eigenvalue weighted by atomic mass is 16.5. The van der Waals surface area contributed by atoms with Crippen molar-refractivity contribution in [3.05, 3.63) is 36.3 Å². The number of hydrogen-bond donors (Lipinski definition) is 2. The molecular formula is C17H24N4O2. The smallest absolute Gasteiger partial charge is 0.241 e. The van der Waals surface area contributed by atoms with Crippen molar-refractivity contribution < 1.29 is 9.53 Å². The first kappa shape index (κ1) is 16.0. The van der Waals surface area contributed by atoms with E-state index in [9.17, 15) is 4.79 Å². The average molecular weight is 316 g/mol. The molecule has 2 heterocycles. The molecule has 124 valence electrons. The number of aromatic nitrogens is 2. The first-order chi connectivity index (χ1) is 10.9. The molecule has 0 saturated heterocycles. The Hall–Kier alpha value is -1.92. The Bertz CT molecular complexity index is 724. The quantitative estimate of drug-likeness (QED) is 0.875. The van der Waals surface area contributed by atoms with E-state index >= 15 is 0 Å². The maximum atomic E-state index is 12.6. The summed E-state index contributed by atoms with van der Waals surface area (Å²) in [5.74, 6) is -0.123. The number of carbonyl (C=O) groups excluding carboxylic acids is 1. The summed E-state index contributed by atoms with van der Waals surface area (Å²) in [6.07, 6.45) is 6.15. The molecule has 3 N–H and O–H groups in total. The zero-order chi connectivity index (χ0) is 16.7. The Kier molecular flexibility index (Phi) is 3.90. The zero-order valence-corrected chi connectivity index (χ0v) is 13.9. The normalized spacial score (nSPS) is 26.0. The van der Waals surface area contributed by atoms with Crippen molar-refractivity contribution in [2.24, 2.45) is 11.1 Å². The van der Waals surface area contributed by atoms with Crippen molar-refractivity contribution >= 4 is 11.6 Å². The molecular weight excluding hydrogens is 292 g/mol. The second kappa shape index (κ2) is 5.62. The molecule has 1 amide bonds. The molecule has 2 unspecified atom stereocenters. The van der Waals surface area contributed by atoms with E-state index in [1.165, 1.54) is 0 Å². The van der Waals surface area contributed by atoms with E-state index in [4.69, 9.17) is 10.5 Å². The molecule has 2 aromatic rings. The number of nitrogens with one attached hydrogen (secondary N) is 1. The Morgan fingerprint density at radius 1 is 1.52 bits per heavy atom. The first-order valence-corrected chi connectivity index (χ1v) is 7.99. The predicted octanol–water partition coefficient (Wildman–Crippen LogP) is 1.48. The molecule has 6 nitrogen and oxygen atoms in total. The molecule has 1 fully saturated rings. The van der Waals surface area contributed by atoms with Gasteiger partial charge in [-0.1, -0.05) is 13.8 Å². The third kappa shape index (κ3) is 2.52. The number of amides is 1. The average Bonchev–Trinajstić information content (AvgIpc) is 2.99. The van der Waals surface area contributed by atoms with Crippen molar-refractivity contribution in [1.82, 2.24) is 14.7 Å². The fourth-order valence-electron chi connectivity index (χ4n) is 3.22. The van der Waals surface area contributed by atoms with Crippen LogP contribution in [0.2, 0.25) is 0 Å². The van der Waals surface area contributed by atoms with Crippen LogP contribution in [0.4, 0.5) is 0 Å². The van der Waals surface area contributed by atoms with Gasteiger partial charge in [0.25, 0.3) is 0 Å². The summed E-state index contributed by atoms with van der Waals surface area (Å²) in [5, 5.41) is 2.96. The second-order valence-corrected chi connectivity index (χ2v) is 6.75. The highest BCUT2D eigenvalue weighted by Crippen LogP contribution is 2.49. The van der Waals surface area contributed by atoms with Crippen LogP contribution in [-0.2, 0) is 16.1 Å². The molecule has 1 aliphatic rings. The molecule has 1 aliphatic carbocycles. The van der Waals surface area contributed by atoms with Gasteiger partial charge >= 0.3 is 0 Å². The number of fused-ring (bicyclic) bond motifs is 1. The van der Waals surface area contributed by atoms with Crippen LogP contribution in [0.5, 0.6) is 0 Å². The first-order valence-electron chi connectivity index (χ1n) is 7.99. The van der Waals surface area contributed by atoms with Gasteiger partial charge in [0.05, 0.1) is 6.10 Å². The van der Waals surface area contributed by atoms with Gasteiger partial charge in [0.1, 0.15) is 11.2 Å². The highest BCUT2D eigenvalue weighted by molar-refractivity contribution is 5.88. The van der Waals surface area contributed by atoms with Crippen LogP contribution >= 0.6 is 0 Å². The Balaban J connectivity index is 1.65. The minimum absolute atomic E-state index is 0.0320. The fourth-order valence-corrected chi connectivity index (χ4v) is 3.22. The van der Waals surface area contributed by atoms with Crippen LogP contribution < -0.4 is 11.1 Å². The van der Waals surface area contributed by atoms with Crippen molar-refractivity contribution in [3.8, 4) is 0 Å². The van der Waals surface area contributed by atoms with Gasteiger partial charge in [0.15, 0.2) is 0 Å². The molecule has 0 bridgehead atoms. The number of rotatable bonds is 5. The van der Waals surface area contributed by atoms with Crippen molar-refractivity contribution in [2.45, 2.75) is 45.4 Å². The van der Waals surface area contributed by atoms with E-state index < -0.39 is 5.54 Å². The molecule has 23 heavy (non-hydrogen) atoms. The molecule has 2 atom stereocenters. The molecule has 0 aliphatic heterocycles. The van der Waals surface area contributed by atoms with E-state index in [2.05, 4.69) is 10.3 Å². The predicted molar refractivity (Wildman–Crippen MR) is 87.8 cm³/mol. The number of carbonyl (C=O) groups is 1. The summed E-state index contributed by atoms with van der Waals surface area (Å²) >= 11 is 0. The number of nitrogens with zero attached hydrogens (tertiary/aromatic N) is 2. The highest BCUT2D eigenvalue weighted by Gasteiger charge is 2.62. The maximum Gasteiger partial charge on any atom is 0.241 e. The molecule has 3 rings (SSSR count). The standard InChI is InChI=1S/C17H24N4O2/c1-4-23-13-10-17(18,16(13,2)3)15(22)20-11-12-5-7-21-8-6-19-14(21)9-12/h5-9,13H,4,10-11,18H2,1-3H3,(H,20,22). The molecule has 0 aromatic carbocycles. The third-order valence-corrected chi connectivity index (χ3v) is 5.15. The Morgan fingerprint density at radius 3 is 3.00 bits per heavy atom. The molecule has 2 aromatic heterocycles. The van der Waals surface area contributed by atoms with E-state index in [1.54, 1.807) is 6.20 Å². The number of imidazole rings is 1. The van der Waals surface area contributed by atoms with Crippen LogP contribution in [0.3, 0.4) is 0 Å². The van der Waals surface area contributed by atoms with Crippen molar-refractivity contribution in [3.63, 3.8) is 0 Å². The van der Waals surface area contributed by atoms with E-state index in [-0.39, 0.29) is 17.4 Å². The van der Waals surface area contributed by atoms with Crippen LogP contribution in [0.15, 0.2) is 30.7 Å². The van der Waals surface area contributed by atoms with Gasteiger partial charge in [-0.05, 0) is 24.6 Å². The van der Waals surface area contributed by atoms with Gasteiger partial charge in [-0.3, -0.25) is 4.79 Å². The lowest BCUT2D eigenvalue weighted by Gasteiger charge is -2.57. The SMILES string of the molecule is CCOC1CC(N)(C(=O)NCc2ccn3ccnc3c2)C1(C)C. The van der Waals surface area contributed by atoms with Crippen molar-refractivity contribution in [2.75, 3.05) is 6.61 Å². The van der Waals surface area contributed by atoms with Crippen LogP contribution in [0, 0.1) is 5.41 Å². The van der Waals surface area contributed by atoms with Gasteiger partial charge in [-0.2, -0.15) is 0 Å². The molecule has 1 saturated carbocycles. The van der Waals surface area contributed by atoms with Crippen LogP contribution in [0.25, 0.3) is 5.65 Å². The third-order valence-electron chi connectivity index (χ3n) is 5.15. The van der Waals surface area contributed by atoms with Gasteiger partial charge in [0, 0.05) is 43.6 Å². The lowest BCUT2D eigenvalue weighted by molar-refractivity contribution is -0.170. The molecule has 0 spiro atoms. The summed E-state index contributed by atoms with van der Waals surface area (Å²) in [4.78, 5) is 16.8. The van der Waals surface area contributed by atoms with Gasteiger partial charge < -0.3 is 20.2 Å². The summed E-state index contributed by atoms with van der Waals surface area (Å²) in [5.41, 5.74) is 6.97. The minimum Gasteiger partial charge on any atom is -0.378 e. The fraction of sp³-hybridized carbons (Fsp3) is 0.529. The maximum absolute atomic E-state index is 12.6. The lowest BCUT2D eigenvalue weighted by Crippen LogP contribution is -2.75.